The van der Waals surface area contributed by atoms with Gasteiger partial charge in [0.05, 0.1) is 6.10 Å². The van der Waals surface area contributed by atoms with E-state index in [2.05, 4.69) is 36.1 Å². The van der Waals surface area contributed by atoms with E-state index in [1.807, 2.05) is 11.8 Å². The van der Waals surface area contributed by atoms with Crippen LogP contribution in [0.1, 0.15) is 30.1 Å². The normalized spacial score (nSPS) is 25.2. The molecule has 24 heavy (non-hydrogen) atoms. The summed E-state index contributed by atoms with van der Waals surface area (Å²) in [7, 11) is 0. The minimum atomic E-state index is 0. The van der Waals surface area contributed by atoms with Crippen molar-refractivity contribution in [1.29, 1.82) is 0 Å². The number of rotatable bonds is 3. The van der Waals surface area contributed by atoms with Gasteiger partial charge < -0.3 is 15.4 Å². The molecule has 0 bridgehead atoms. The van der Waals surface area contributed by atoms with E-state index in [1.54, 1.807) is 0 Å². The Bertz CT molecular complexity index is 532. The summed E-state index contributed by atoms with van der Waals surface area (Å²) >= 11 is 1.99. The molecule has 3 rings (SSSR count). The maximum absolute atomic E-state index is 6.20. The Labute approximate surface area is 166 Å². The number of hydrogen-bond acceptors (Lipinski definition) is 3. The highest BCUT2D eigenvalue weighted by molar-refractivity contribution is 14.0. The molecule has 4 nitrogen and oxygen atoms in total. The first kappa shape index (κ1) is 19.8. The molecule has 0 radical (unpaired) electrons. The smallest absolute Gasteiger partial charge is 0.191 e. The third-order valence-corrected chi connectivity index (χ3v) is 5.62. The van der Waals surface area contributed by atoms with E-state index < -0.39 is 0 Å². The van der Waals surface area contributed by atoms with Gasteiger partial charge in [0.25, 0.3) is 0 Å². The van der Waals surface area contributed by atoms with Crippen molar-refractivity contribution in [3.63, 3.8) is 0 Å². The summed E-state index contributed by atoms with van der Waals surface area (Å²) in [6, 6.07) is 8.70. The number of halogens is 1. The third-order valence-electron chi connectivity index (χ3n) is 4.67. The number of benzene rings is 1. The highest BCUT2D eigenvalue weighted by Gasteiger charge is 2.27. The number of ether oxygens (including phenoxy) is 1. The van der Waals surface area contributed by atoms with E-state index >= 15 is 0 Å². The second-order valence-electron chi connectivity index (χ2n) is 6.40. The Hall–Kier alpha value is -0.470. The van der Waals surface area contributed by atoms with Gasteiger partial charge in [-0.2, -0.15) is 11.8 Å². The van der Waals surface area contributed by atoms with E-state index in [9.17, 15) is 0 Å². The molecule has 2 fully saturated rings. The summed E-state index contributed by atoms with van der Waals surface area (Å²) in [6.45, 7) is 5.75. The average molecular weight is 461 g/mol. The Morgan fingerprint density at radius 3 is 2.71 bits per heavy atom. The molecule has 2 aliphatic heterocycles. The van der Waals surface area contributed by atoms with Gasteiger partial charge >= 0.3 is 0 Å². The molecule has 1 aromatic carbocycles. The van der Waals surface area contributed by atoms with Gasteiger partial charge in [-0.15, -0.1) is 24.0 Å². The molecule has 0 saturated carbocycles. The van der Waals surface area contributed by atoms with Crippen LogP contribution < -0.4 is 5.73 Å². The number of guanidine groups is 1. The lowest BCUT2D eigenvalue weighted by Gasteiger charge is -2.32. The lowest BCUT2D eigenvalue weighted by atomic mass is 9.89. The molecule has 6 heteroatoms. The van der Waals surface area contributed by atoms with E-state index in [-0.39, 0.29) is 30.1 Å². The van der Waals surface area contributed by atoms with E-state index in [1.165, 1.54) is 11.1 Å². The van der Waals surface area contributed by atoms with Crippen LogP contribution in [0.25, 0.3) is 0 Å². The maximum atomic E-state index is 6.20. The first-order chi connectivity index (χ1) is 11.2. The Kier molecular flexibility index (Phi) is 8.16. The minimum Gasteiger partial charge on any atom is -0.373 e. The van der Waals surface area contributed by atoms with E-state index in [0.29, 0.717) is 11.9 Å². The van der Waals surface area contributed by atoms with Gasteiger partial charge in [-0.3, -0.25) is 4.99 Å². The fourth-order valence-corrected chi connectivity index (χ4v) is 4.16. The standard InChI is InChI=1S/C18H27N3OS.HI/c1-14-4-6-15(7-5-14)17-16(3-2-10-22-17)13-20-18(19)21-8-11-23-12-9-21;/h4-7,16-17H,2-3,8-13H2,1H3,(H2,19,20);1H. The van der Waals surface area contributed by atoms with Crippen LogP contribution in [0, 0.1) is 12.8 Å². The second kappa shape index (κ2) is 9.87. The molecule has 0 aromatic heterocycles. The number of aliphatic imine (C=N–C) groups is 1. The van der Waals surface area contributed by atoms with Crippen molar-refractivity contribution in [1.82, 2.24) is 4.90 Å². The Morgan fingerprint density at radius 1 is 1.29 bits per heavy atom. The van der Waals surface area contributed by atoms with Gasteiger partial charge in [0, 0.05) is 43.7 Å². The topological polar surface area (TPSA) is 50.9 Å². The largest absolute Gasteiger partial charge is 0.373 e. The number of hydrogen-bond donors (Lipinski definition) is 1. The van der Waals surface area contributed by atoms with Crippen LogP contribution >= 0.6 is 35.7 Å². The van der Waals surface area contributed by atoms with Crippen LogP contribution in [0.5, 0.6) is 0 Å². The highest BCUT2D eigenvalue weighted by Crippen LogP contribution is 2.34. The van der Waals surface area contributed by atoms with Crippen LogP contribution in [-0.4, -0.2) is 48.6 Å². The van der Waals surface area contributed by atoms with Crippen LogP contribution in [0.15, 0.2) is 29.3 Å². The quantitative estimate of drug-likeness (QED) is 0.426. The predicted molar refractivity (Wildman–Crippen MR) is 113 cm³/mol. The molecular formula is C18H28IN3OS. The van der Waals surface area contributed by atoms with Crippen molar-refractivity contribution in [2.45, 2.75) is 25.9 Å². The van der Waals surface area contributed by atoms with Gasteiger partial charge in [-0.25, -0.2) is 0 Å². The molecule has 2 N–H and O–H groups in total. The number of thioether (sulfide) groups is 1. The average Bonchev–Trinajstić information content (AvgIpc) is 2.61. The Morgan fingerprint density at radius 2 is 2.00 bits per heavy atom. The van der Waals surface area contributed by atoms with Crippen molar-refractivity contribution in [3.8, 4) is 0 Å². The summed E-state index contributed by atoms with van der Waals surface area (Å²) in [5.41, 5.74) is 8.75. The van der Waals surface area contributed by atoms with Gasteiger partial charge in [0.1, 0.15) is 0 Å². The first-order valence-corrected chi connectivity index (χ1v) is 9.70. The number of nitrogens with two attached hydrogens (primary N) is 1. The zero-order chi connectivity index (χ0) is 16.1. The van der Waals surface area contributed by atoms with Crippen LogP contribution in [0.2, 0.25) is 0 Å². The Balaban J connectivity index is 0.00000208. The van der Waals surface area contributed by atoms with Crippen molar-refractivity contribution < 1.29 is 4.74 Å². The molecule has 2 saturated heterocycles. The molecule has 2 heterocycles. The third kappa shape index (κ3) is 5.26. The van der Waals surface area contributed by atoms with Crippen LogP contribution in [0.3, 0.4) is 0 Å². The van der Waals surface area contributed by atoms with Gasteiger partial charge in [-0.05, 0) is 25.3 Å². The zero-order valence-corrected chi connectivity index (χ0v) is 17.5. The van der Waals surface area contributed by atoms with Crippen LogP contribution in [-0.2, 0) is 4.74 Å². The van der Waals surface area contributed by atoms with E-state index in [0.717, 1.165) is 50.6 Å². The molecule has 0 aliphatic carbocycles. The van der Waals surface area contributed by atoms with Gasteiger partial charge in [0.15, 0.2) is 5.96 Å². The summed E-state index contributed by atoms with van der Waals surface area (Å²) in [5, 5.41) is 0. The second-order valence-corrected chi connectivity index (χ2v) is 7.63. The van der Waals surface area contributed by atoms with Crippen molar-refractivity contribution in [3.05, 3.63) is 35.4 Å². The fraction of sp³-hybridized carbons (Fsp3) is 0.611. The van der Waals surface area contributed by atoms with Crippen LogP contribution in [0.4, 0.5) is 0 Å². The molecule has 1 aromatic rings. The van der Waals surface area contributed by atoms with Crippen molar-refractivity contribution in [2.75, 3.05) is 37.7 Å². The maximum Gasteiger partial charge on any atom is 0.191 e. The zero-order valence-electron chi connectivity index (χ0n) is 14.3. The molecule has 2 atom stereocenters. The first-order valence-electron chi connectivity index (χ1n) is 8.55. The lowest BCUT2D eigenvalue weighted by molar-refractivity contribution is -0.0250. The lowest BCUT2D eigenvalue weighted by Crippen LogP contribution is -2.43. The molecule has 2 unspecified atom stereocenters. The molecule has 134 valence electrons. The van der Waals surface area contributed by atoms with Gasteiger partial charge in [-0.1, -0.05) is 29.8 Å². The summed E-state index contributed by atoms with van der Waals surface area (Å²) in [4.78, 5) is 6.91. The molecule has 2 aliphatic rings. The SMILES string of the molecule is Cc1ccc(C2OCCCC2CN=C(N)N2CCSCC2)cc1.I. The van der Waals surface area contributed by atoms with Crippen molar-refractivity contribution in [2.24, 2.45) is 16.6 Å². The number of aryl methyl sites for hydroxylation is 1. The molecular weight excluding hydrogens is 433 g/mol. The van der Waals surface area contributed by atoms with Gasteiger partial charge in [0.2, 0.25) is 0 Å². The fourth-order valence-electron chi connectivity index (χ4n) is 3.26. The van der Waals surface area contributed by atoms with Crippen molar-refractivity contribution >= 4 is 41.7 Å². The summed E-state index contributed by atoms with van der Waals surface area (Å²) in [5.74, 6) is 3.42. The summed E-state index contributed by atoms with van der Waals surface area (Å²) < 4.78 is 6.07. The monoisotopic (exact) mass is 461 g/mol. The summed E-state index contributed by atoms with van der Waals surface area (Å²) in [6.07, 6.45) is 2.42. The predicted octanol–water partition coefficient (Wildman–Crippen LogP) is 3.44. The molecule has 0 amide bonds. The highest BCUT2D eigenvalue weighted by atomic mass is 127. The minimum absolute atomic E-state index is 0. The molecule has 0 spiro atoms. The number of nitrogens with zero attached hydrogens (tertiary/aromatic N) is 2. The van der Waals surface area contributed by atoms with E-state index in [4.69, 9.17) is 15.5 Å².